The molecule has 2 unspecified atom stereocenters. The second-order valence-electron chi connectivity index (χ2n) is 14.0. The summed E-state index contributed by atoms with van der Waals surface area (Å²) in [6.45, 7) is 4.07. The van der Waals surface area contributed by atoms with Gasteiger partial charge in [0.05, 0.1) is 18.8 Å². The summed E-state index contributed by atoms with van der Waals surface area (Å²) in [4.78, 5) is 12.2. The number of hydrogen-bond donors (Lipinski definition) is 3. The Morgan fingerprint density at radius 1 is 0.463 bits per heavy atom. The summed E-state index contributed by atoms with van der Waals surface area (Å²) < 4.78 is 0. The Morgan fingerprint density at radius 3 is 1.22 bits per heavy atom. The van der Waals surface area contributed by atoms with Gasteiger partial charge in [-0.15, -0.1) is 0 Å². The van der Waals surface area contributed by atoms with Crippen LogP contribution in [-0.4, -0.2) is 34.9 Å². The van der Waals surface area contributed by atoms with Gasteiger partial charge in [-0.1, -0.05) is 193 Å². The number of allylic oxidation sites excluding steroid dienone is 19. The highest BCUT2D eigenvalue weighted by Crippen LogP contribution is 2.12. The maximum atomic E-state index is 12.2. The van der Waals surface area contributed by atoms with Crippen molar-refractivity contribution in [2.24, 2.45) is 0 Å². The third-order valence-electron chi connectivity index (χ3n) is 8.95. The Hall–Kier alpha value is -3.21. The van der Waals surface area contributed by atoms with Gasteiger partial charge in [0.1, 0.15) is 0 Å². The Balaban J connectivity index is 3.60. The molecule has 0 radical (unpaired) electrons. The van der Waals surface area contributed by atoms with Gasteiger partial charge in [-0.25, -0.2) is 0 Å². The molecule has 0 saturated heterocycles. The molecule has 0 saturated carbocycles. The lowest BCUT2D eigenvalue weighted by molar-refractivity contribution is -0.123. The number of amides is 1. The molecule has 0 rings (SSSR count). The lowest BCUT2D eigenvalue weighted by atomic mass is 10.1. The van der Waals surface area contributed by atoms with Gasteiger partial charge in [-0.3, -0.25) is 4.79 Å². The van der Waals surface area contributed by atoms with Crippen LogP contribution in [0.2, 0.25) is 0 Å². The van der Waals surface area contributed by atoms with E-state index in [0.717, 1.165) is 96.3 Å². The van der Waals surface area contributed by atoms with Crippen LogP contribution in [0.4, 0.5) is 0 Å². The van der Waals surface area contributed by atoms with E-state index in [2.05, 4.69) is 129 Å². The summed E-state index contributed by atoms with van der Waals surface area (Å²) in [5, 5.41) is 22.6. The van der Waals surface area contributed by atoms with Crippen LogP contribution >= 0.6 is 0 Å². The van der Waals surface area contributed by atoms with Gasteiger partial charge in [0.2, 0.25) is 5.91 Å². The average molecular weight is 744 g/mol. The smallest absolute Gasteiger partial charge is 0.220 e. The van der Waals surface area contributed by atoms with Gasteiger partial charge in [0.15, 0.2) is 0 Å². The third-order valence-corrected chi connectivity index (χ3v) is 8.95. The van der Waals surface area contributed by atoms with E-state index in [0.29, 0.717) is 6.42 Å². The van der Waals surface area contributed by atoms with Crippen molar-refractivity contribution in [1.82, 2.24) is 5.32 Å². The quantitative estimate of drug-likeness (QED) is 0.0438. The maximum absolute atomic E-state index is 12.2. The van der Waals surface area contributed by atoms with E-state index in [1.807, 2.05) is 6.08 Å². The standard InChI is InChI=1S/C50H81NO3/c1-3-5-7-9-10-11-12-13-14-15-16-17-18-19-20-21-22-23-24-25-26-27-28-29-30-31-32-33-34-35-36-37-38-39-40-42-44-46-50(54)51-48(47-52)49(53)45-43-41-8-6-4-2/h5,7,10-11,13-14,16-17,19-20,22-23,25-26,28-29,31-32,43,45,48-49,52-53H,3-4,6,8-9,12,15,18,21,24,27,30,33-42,44,46-47H2,1-2H3,(H,51,54)/b7-5-,11-10-,14-13-,17-16-,20-19-,23-22-,26-25-,29-28-,32-31-,45-43+. The normalized spacial score (nSPS) is 14.2. The first kappa shape index (κ1) is 50.8. The number of hydrogen-bond acceptors (Lipinski definition) is 3. The number of aliphatic hydroxyl groups excluding tert-OH is 2. The zero-order valence-corrected chi connectivity index (χ0v) is 34.7. The fourth-order valence-electron chi connectivity index (χ4n) is 5.64. The van der Waals surface area contributed by atoms with Crippen molar-refractivity contribution in [1.29, 1.82) is 0 Å². The van der Waals surface area contributed by atoms with Gasteiger partial charge in [-0.05, 0) is 89.9 Å². The molecule has 0 fully saturated rings. The van der Waals surface area contributed by atoms with Crippen molar-refractivity contribution in [2.45, 2.75) is 180 Å². The van der Waals surface area contributed by atoms with Crippen LogP contribution in [-0.2, 0) is 4.79 Å². The van der Waals surface area contributed by atoms with Gasteiger partial charge in [0.25, 0.3) is 0 Å². The van der Waals surface area contributed by atoms with Crippen LogP contribution in [0.1, 0.15) is 168 Å². The zero-order chi connectivity index (χ0) is 39.3. The van der Waals surface area contributed by atoms with E-state index in [1.54, 1.807) is 6.08 Å². The lowest BCUT2D eigenvalue weighted by Gasteiger charge is -2.20. The predicted octanol–water partition coefficient (Wildman–Crippen LogP) is 13.8. The Morgan fingerprint density at radius 2 is 0.815 bits per heavy atom. The Labute approximate surface area is 333 Å². The molecule has 54 heavy (non-hydrogen) atoms. The summed E-state index contributed by atoms with van der Waals surface area (Å²) in [5.41, 5.74) is 0. The molecular weight excluding hydrogens is 663 g/mol. The molecule has 0 aliphatic heterocycles. The molecule has 0 bridgehead atoms. The molecule has 4 heteroatoms. The second-order valence-corrected chi connectivity index (χ2v) is 14.0. The van der Waals surface area contributed by atoms with Crippen molar-refractivity contribution in [3.63, 3.8) is 0 Å². The molecule has 0 aliphatic carbocycles. The summed E-state index contributed by atoms with van der Waals surface area (Å²) in [7, 11) is 0. The van der Waals surface area contributed by atoms with Gasteiger partial charge >= 0.3 is 0 Å². The summed E-state index contributed by atoms with van der Waals surface area (Å²) in [6, 6.07) is -0.629. The first-order valence-electron chi connectivity index (χ1n) is 21.7. The molecule has 4 nitrogen and oxygen atoms in total. The third kappa shape index (κ3) is 40.0. The van der Waals surface area contributed by atoms with E-state index >= 15 is 0 Å². The largest absolute Gasteiger partial charge is 0.394 e. The van der Waals surface area contributed by atoms with Crippen molar-refractivity contribution < 1.29 is 15.0 Å². The minimum Gasteiger partial charge on any atom is -0.394 e. The molecule has 0 heterocycles. The van der Waals surface area contributed by atoms with E-state index in [1.165, 1.54) is 51.4 Å². The minimum atomic E-state index is -0.844. The minimum absolute atomic E-state index is 0.0851. The number of rotatable bonds is 37. The predicted molar refractivity (Wildman–Crippen MR) is 239 cm³/mol. The van der Waals surface area contributed by atoms with E-state index in [-0.39, 0.29) is 12.5 Å². The van der Waals surface area contributed by atoms with Crippen LogP contribution < -0.4 is 5.32 Å². The molecule has 0 spiro atoms. The molecule has 0 aromatic carbocycles. The van der Waals surface area contributed by atoms with Crippen LogP contribution in [0.15, 0.2) is 122 Å². The van der Waals surface area contributed by atoms with Gasteiger partial charge < -0.3 is 15.5 Å². The van der Waals surface area contributed by atoms with Gasteiger partial charge in [-0.2, -0.15) is 0 Å². The second kappa shape index (κ2) is 44.2. The van der Waals surface area contributed by atoms with E-state index in [4.69, 9.17) is 0 Å². The van der Waals surface area contributed by atoms with Crippen LogP contribution in [0.5, 0.6) is 0 Å². The molecule has 1 amide bonds. The fraction of sp³-hybridized carbons (Fsp3) is 0.580. The van der Waals surface area contributed by atoms with Crippen molar-refractivity contribution in [2.75, 3.05) is 6.61 Å². The molecule has 0 aromatic heterocycles. The molecular formula is C50H81NO3. The fourth-order valence-corrected chi connectivity index (χ4v) is 5.64. The van der Waals surface area contributed by atoms with Crippen LogP contribution in [0.25, 0.3) is 0 Å². The number of nitrogens with one attached hydrogen (secondary N) is 1. The first-order chi connectivity index (χ1) is 26.7. The lowest BCUT2D eigenvalue weighted by Crippen LogP contribution is -2.45. The Bertz CT molecular complexity index is 1120. The molecule has 304 valence electrons. The summed E-state index contributed by atoms with van der Waals surface area (Å²) >= 11 is 0. The molecule has 0 aromatic rings. The van der Waals surface area contributed by atoms with Crippen molar-refractivity contribution in [3.05, 3.63) is 122 Å². The molecule has 2 atom stereocenters. The highest BCUT2D eigenvalue weighted by atomic mass is 16.3. The number of aliphatic hydroxyl groups is 2. The SMILES string of the molecule is CC/C=C\C/C=C\C/C=C\C/C=C\C/C=C\C/C=C\C/C=C\C/C=C\C/C=C\CCCCCCCCCCCC(=O)NC(CO)C(O)/C=C/CCCCC. The van der Waals surface area contributed by atoms with Crippen LogP contribution in [0.3, 0.4) is 0 Å². The highest BCUT2D eigenvalue weighted by Gasteiger charge is 2.17. The number of unbranched alkanes of at least 4 members (excludes halogenated alkanes) is 12. The van der Waals surface area contributed by atoms with Crippen molar-refractivity contribution in [3.8, 4) is 0 Å². The Kier molecular flexibility index (Phi) is 41.6. The monoisotopic (exact) mass is 744 g/mol. The van der Waals surface area contributed by atoms with Crippen molar-refractivity contribution >= 4 is 5.91 Å². The first-order valence-corrected chi connectivity index (χ1v) is 21.7. The summed E-state index contributed by atoms with van der Waals surface area (Å²) in [6.07, 6.45) is 69.1. The average Bonchev–Trinajstić information content (AvgIpc) is 3.18. The highest BCUT2D eigenvalue weighted by molar-refractivity contribution is 5.76. The number of carbonyl (C=O) groups excluding carboxylic acids is 1. The van der Waals surface area contributed by atoms with Crippen LogP contribution in [0, 0.1) is 0 Å². The zero-order valence-electron chi connectivity index (χ0n) is 34.7. The van der Waals surface area contributed by atoms with E-state index in [9.17, 15) is 15.0 Å². The number of carbonyl (C=O) groups is 1. The maximum Gasteiger partial charge on any atom is 0.220 e. The van der Waals surface area contributed by atoms with Gasteiger partial charge in [0, 0.05) is 6.42 Å². The molecule has 0 aliphatic rings. The summed E-state index contributed by atoms with van der Waals surface area (Å²) in [5.74, 6) is -0.0851. The topological polar surface area (TPSA) is 69.6 Å². The van der Waals surface area contributed by atoms with E-state index < -0.39 is 12.1 Å². The molecule has 3 N–H and O–H groups in total.